The Bertz CT molecular complexity index is 293. The number of aromatic nitrogens is 2. The number of aryl methyl sites for hydroxylation is 3. The zero-order valence-electron chi connectivity index (χ0n) is 11.0. The van der Waals surface area contributed by atoms with Gasteiger partial charge >= 0.3 is 0 Å². The van der Waals surface area contributed by atoms with Crippen LogP contribution in [0.25, 0.3) is 0 Å². The molecule has 0 atom stereocenters. The Labute approximate surface area is 94.2 Å². The van der Waals surface area contributed by atoms with Gasteiger partial charge in [0.05, 0.1) is 0 Å². The molecule has 2 nitrogen and oxygen atoms in total. The van der Waals surface area contributed by atoms with E-state index in [9.17, 15) is 0 Å². The highest BCUT2D eigenvalue weighted by molar-refractivity contribution is 5.28. The van der Waals surface area contributed by atoms with Crippen molar-refractivity contribution in [1.29, 1.82) is 0 Å². The van der Waals surface area contributed by atoms with Crippen molar-refractivity contribution in [3.05, 3.63) is 22.8 Å². The summed E-state index contributed by atoms with van der Waals surface area (Å²) in [4.78, 5) is 8.74. The fraction of sp³-hybridized carbons (Fsp3) is 0.692. The molecule has 0 aliphatic heterocycles. The lowest BCUT2D eigenvalue weighted by atomic mass is 10.2. The molecule has 0 amide bonds. The van der Waals surface area contributed by atoms with Gasteiger partial charge in [-0.3, -0.25) is 0 Å². The largest absolute Gasteiger partial charge is 0.238 e. The molecular formula is C13H24N2. The van der Waals surface area contributed by atoms with E-state index in [1.54, 1.807) is 0 Å². The number of hydrogen-bond acceptors (Lipinski definition) is 2. The molecule has 1 aliphatic rings. The Kier molecular flexibility index (Phi) is 6.93. The van der Waals surface area contributed by atoms with Crippen molar-refractivity contribution in [3.8, 4) is 0 Å². The van der Waals surface area contributed by atoms with Gasteiger partial charge in [-0.1, -0.05) is 27.7 Å². The molecule has 86 valence electrons. The van der Waals surface area contributed by atoms with E-state index in [0.29, 0.717) is 0 Å². The van der Waals surface area contributed by atoms with Crippen molar-refractivity contribution < 1.29 is 0 Å². The zero-order valence-corrected chi connectivity index (χ0v) is 11.0. The van der Waals surface area contributed by atoms with Crippen LogP contribution in [-0.2, 0) is 12.8 Å². The third-order valence-corrected chi connectivity index (χ3v) is 2.25. The summed E-state index contributed by atoms with van der Waals surface area (Å²) in [5.41, 5.74) is 3.87. The van der Waals surface area contributed by atoms with Gasteiger partial charge in [0.1, 0.15) is 5.82 Å². The first-order chi connectivity index (χ1) is 7.27. The number of fused-ring (bicyclic) bond motifs is 1. The summed E-state index contributed by atoms with van der Waals surface area (Å²) in [6.45, 7) is 12.0. The molecule has 2 heteroatoms. The molecule has 0 fully saturated rings. The molecule has 1 heterocycles. The first kappa shape index (κ1) is 14.1. The maximum Gasteiger partial charge on any atom is 0.125 e. The average Bonchev–Trinajstić information content (AvgIpc) is 2.72. The second-order valence-corrected chi connectivity index (χ2v) is 3.14. The van der Waals surface area contributed by atoms with Gasteiger partial charge in [0.25, 0.3) is 0 Å². The van der Waals surface area contributed by atoms with Crippen molar-refractivity contribution in [2.24, 2.45) is 0 Å². The summed E-state index contributed by atoms with van der Waals surface area (Å²) >= 11 is 0. The second-order valence-electron chi connectivity index (χ2n) is 3.14. The minimum atomic E-state index is 0.920. The van der Waals surface area contributed by atoms with E-state index in [1.165, 1.54) is 29.8 Å². The van der Waals surface area contributed by atoms with Gasteiger partial charge in [0.15, 0.2) is 0 Å². The van der Waals surface area contributed by atoms with Gasteiger partial charge in [0.2, 0.25) is 0 Å². The summed E-state index contributed by atoms with van der Waals surface area (Å²) in [7, 11) is 0. The molecule has 1 aromatic heterocycles. The maximum absolute atomic E-state index is 4.40. The highest BCUT2D eigenvalue weighted by atomic mass is 14.9. The molecule has 0 aromatic carbocycles. The van der Waals surface area contributed by atoms with Crippen LogP contribution >= 0.6 is 0 Å². The van der Waals surface area contributed by atoms with Crippen LogP contribution in [0.5, 0.6) is 0 Å². The third kappa shape index (κ3) is 3.61. The highest BCUT2D eigenvalue weighted by Crippen LogP contribution is 2.21. The van der Waals surface area contributed by atoms with E-state index in [0.717, 1.165) is 12.2 Å². The van der Waals surface area contributed by atoms with Gasteiger partial charge < -0.3 is 0 Å². The lowest BCUT2D eigenvalue weighted by Crippen LogP contribution is -1.98. The van der Waals surface area contributed by atoms with Crippen molar-refractivity contribution in [1.82, 2.24) is 9.97 Å². The molecule has 1 aliphatic carbocycles. The van der Waals surface area contributed by atoms with Crippen LogP contribution in [0.2, 0.25) is 0 Å². The average molecular weight is 208 g/mol. The molecular weight excluding hydrogens is 184 g/mol. The van der Waals surface area contributed by atoms with Gasteiger partial charge in [-0.15, -0.1) is 0 Å². The monoisotopic (exact) mass is 208 g/mol. The smallest absolute Gasteiger partial charge is 0.125 e. The molecule has 0 radical (unpaired) electrons. The quantitative estimate of drug-likeness (QED) is 0.650. The molecule has 2 rings (SSSR count). The van der Waals surface area contributed by atoms with E-state index in [1.807, 2.05) is 34.6 Å². The maximum atomic E-state index is 4.40. The Morgan fingerprint density at radius 2 is 1.47 bits per heavy atom. The van der Waals surface area contributed by atoms with E-state index in [-0.39, 0.29) is 0 Å². The zero-order chi connectivity index (χ0) is 11.8. The van der Waals surface area contributed by atoms with Crippen molar-refractivity contribution in [3.63, 3.8) is 0 Å². The van der Waals surface area contributed by atoms with E-state index in [4.69, 9.17) is 0 Å². The molecule has 15 heavy (non-hydrogen) atoms. The Morgan fingerprint density at radius 1 is 0.867 bits per heavy atom. The Hall–Kier alpha value is -0.920. The fourth-order valence-corrected chi connectivity index (χ4v) is 1.77. The summed E-state index contributed by atoms with van der Waals surface area (Å²) in [5.74, 6) is 0.920. The van der Waals surface area contributed by atoms with Gasteiger partial charge in [0, 0.05) is 11.4 Å². The summed E-state index contributed by atoms with van der Waals surface area (Å²) in [6, 6.07) is 0. The Morgan fingerprint density at radius 3 is 2.07 bits per heavy atom. The van der Waals surface area contributed by atoms with Crippen LogP contribution in [0.4, 0.5) is 0 Å². The number of rotatable bonds is 0. The van der Waals surface area contributed by atoms with Gasteiger partial charge in [-0.2, -0.15) is 0 Å². The first-order valence-electron chi connectivity index (χ1n) is 6.10. The topological polar surface area (TPSA) is 25.8 Å². The highest BCUT2D eigenvalue weighted by Gasteiger charge is 2.15. The summed E-state index contributed by atoms with van der Waals surface area (Å²) < 4.78 is 0. The predicted molar refractivity (Wildman–Crippen MR) is 66.2 cm³/mol. The van der Waals surface area contributed by atoms with Crippen LogP contribution in [0.3, 0.4) is 0 Å². The number of hydrogen-bond donors (Lipinski definition) is 0. The van der Waals surface area contributed by atoms with Gasteiger partial charge in [-0.05, 0) is 38.7 Å². The summed E-state index contributed by atoms with van der Waals surface area (Å²) in [5, 5.41) is 0. The minimum Gasteiger partial charge on any atom is -0.238 e. The van der Waals surface area contributed by atoms with Crippen LogP contribution in [-0.4, -0.2) is 9.97 Å². The van der Waals surface area contributed by atoms with Crippen LogP contribution in [0.15, 0.2) is 0 Å². The predicted octanol–water partition coefficient (Wildman–Crippen LogP) is 3.63. The van der Waals surface area contributed by atoms with E-state index >= 15 is 0 Å². The van der Waals surface area contributed by atoms with Crippen LogP contribution in [0, 0.1) is 13.8 Å². The standard InChI is InChI=1S/C9H12N2.2C2H6/c1-6-8-4-3-5-9(8)11-7(2)10-6;2*1-2/h3-5H2,1-2H3;2*1-2H3. The lowest BCUT2D eigenvalue weighted by Gasteiger charge is -2.02. The van der Waals surface area contributed by atoms with E-state index < -0.39 is 0 Å². The van der Waals surface area contributed by atoms with Crippen LogP contribution < -0.4 is 0 Å². The molecule has 0 bridgehead atoms. The van der Waals surface area contributed by atoms with Gasteiger partial charge in [-0.25, -0.2) is 9.97 Å². The molecule has 0 saturated carbocycles. The molecule has 0 saturated heterocycles. The van der Waals surface area contributed by atoms with Crippen molar-refractivity contribution in [2.75, 3.05) is 0 Å². The normalized spacial score (nSPS) is 11.9. The fourth-order valence-electron chi connectivity index (χ4n) is 1.77. The SMILES string of the molecule is CC.CC.Cc1nc(C)c2c(n1)CCC2. The third-order valence-electron chi connectivity index (χ3n) is 2.25. The molecule has 0 unspecified atom stereocenters. The second kappa shape index (κ2) is 7.38. The lowest BCUT2D eigenvalue weighted by molar-refractivity contribution is 0.895. The summed E-state index contributed by atoms with van der Waals surface area (Å²) in [6.07, 6.45) is 3.59. The van der Waals surface area contributed by atoms with Crippen molar-refractivity contribution in [2.45, 2.75) is 60.8 Å². The molecule has 0 N–H and O–H groups in total. The Balaban J connectivity index is 0.000000442. The minimum absolute atomic E-state index is 0.920. The molecule has 1 aromatic rings. The van der Waals surface area contributed by atoms with E-state index in [2.05, 4.69) is 16.9 Å². The molecule has 0 spiro atoms. The number of nitrogens with zero attached hydrogens (tertiary/aromatic N) is 2. The van der Waals surface area contributed by atoms with Crippen LogP contribution in [0.1, 0.15) is 56.9 Å². The first-order valence-corrected chi connectivity index (χ1v) is 6.10. The van der Waals surface area contributed by atoms with Crippen molar-refractivity contribution >= 4 is 0 Å².